The van der Waals surface area contributed by atoms with Crippen LogP contribution in [0.4, 0.5) is 5.13 Å². The maximum absolute atomic E-state index is 12.8. The first-order valence-corrected chi connectivity index (χ1v) is 9.12. The van der Waals surface area contributed by atoms with Gasteiger partial charge in [-0.1, -0.05) is 62.8 Å². The first kappa shape index (κ1) is 16.0. The quantitative estimate of drug-likeness (QED) is 0.496. The molecule has 2 heterocycles. The highest BCUT2D eigenvalue weighted by atomic mass is 79.9. The minimum atomic E-state index is -0.282. The Hall–Kier alpha value is -2.51. The van der Waals surface area contributed by atoms with Crippen LogP contribution in [0.5, 0.6) is 0 Å². The minimum absolute atomic E-state index is 0.282. The summed E-state index contributed by atoms with van der Waals surface area (Å²) in [5, 5.41) is 7.44. The van der Waals surface area contributed by atoms with E-state index in [9.17, 15) is 4.79 Å². The molecule has 0 aliphatic heterocycles. The van der Waals surface area contributed by atoms with Gasteiger partial charge in [0.2, 0.25) is 0 Å². The molecule has 0 unspecified atom stereocenters. The van der Waals surface area contributed by atoms with Gasteiger partial charge in [-0.3, -0.25) is 10.1 Å². The van der Waals surface area contributed by atoms with E-state index in [0.29, 0.717) is 22.1 Å². The molecule has 0 saturated carbocycles. The molecule has 0 saturated heterocycles. The third kappa shape index (κ3) is 3.08. The SMILES string of the molecule is Cc1onc(-c2ccccc2)c1C(=O)Nc1nc2ccc(Br)cc2s1. The summed E-state index contributed by atoms with van der Waals surface area (Å²) in [5.41, 5.74) is 2.62. The van der Waals surface area contributed by atoms with E-state index >= 15 is 0 Å². The number of carbonyl (C=O) groups excluding carboxylic acids is 1. The van der Waals surface area contributed by atoms with Gasteiger partial charge >= 0.3 is 0 Å². The van der Waals surface area contributed by atoms with Crippen molar-refractivity contribution in [2.24, 2.45) is 0 Å². The lowest BCUT2D eigenvalue weighted by molar-refractivity contribution is 0.102. The molecule has 7 heteroatoms. The van der Waals surface area contributed by atoms with Crippen molar-refractivity contribution in [3.05, 3.63) is 64.3 Å². The summed E-state index contributed by atoms with van der Waals surface area (Å²) in [6.45, 7) is 1.73. The Morgan fingerprint density at radius 1 is 1.20 bits per heavy atom. The topological polar surface area (TPSA) is 68.0 Å². The number of amides is 1. The van der Waals surface area contributed by atoms with E-state index in [2.05, 4.69) is 31.4 Å². The van der Waals surface area contributed by atoms with Crippen LogP contribution >= 0.6 is 27.3 Å². The van der Waals surface area contributed by atoms with Gasteiger partial charge in [-0.2, -0.15) is 0 Å². The second-order valence-electron chi connectivity index (χ2n) is 5.41. The number of carbonyl (C=O) groups is 1. The van der Waals surface area contributed by atoms with E-state index < -0.39 is 0 Å². The Balaban J connectivity index is 1.68. The highest BCUT2D eigenvalue weighted by Crippen LogP contribution is 2.30. The molecular weight excluding hydrogens is 402 g/mol. The Morgan fingerprint density at radius 3 is 2.80 bits per heavy atom. The Kier molecular flexibility index (Phi) is 4.10. The number of hydrogen-bond donors (Lipinski definition) is 1. The second-order valence-corrected chi connectivity index (χ2v) is 7.36. The monoisotopic (exact) mass is 413 g/mol. The van der Waals surface area contributed by atoms with Gasteiger partial charge in [-0.15, -0.1) is 0 Å². The fourth-order valence-corrected chi connectivity index (χ4v) is 3.96. The van der Waals surface area contributed by atoms with E-state index in [0.717, 1.165) is 20.3 Å². The molecule has 1 N–H and O–H groups in total. The zero-order valence-electron chi connectivity index (χ0n) is 13.1. The fourth-order valence-electron chi connectivity index (χ4n) is 2.54. The zero-order chi connectivity index (χ0) is 17.4. The predicted molar refractivity (Wildman–Crippen MR) is 102 cm³/mol. The first-order valence-electron chi connectivity index (χ1n) is 7.51. The Bertz CT molecular complexity index is 1070. The Morgan fingerprint density at radius 2 is 2.00 bits per heavy atom. The largest absolute Gasteiger partial charge is 0.360 e. The fraction of sp³-hybridized carbons (Fsp3) is 0.0556. The van der Waals surface area contributed by atoms with Crippen LogP contribution in [-0.4, -0.2) is 16.0 Å². The van der Waals surface area contributed by atoms with Gasteiger partial charge in [0.05, 0.1) is 10.2 Å². The summed E-state index contributed by atoms with van der Waals surface area (Å²) in [6, 6.07) is 15.3. The number of aryl methyl sites for hydroxylation is 1. The molecule has 4 aromatic rings. The average molecular weight is 414 g/mol. The third-order valence-electron chi connectivity index (χ3n) is 3.71. The van der Waals surface area contributed by atoms with Gasteiger partial charge in [-0.05, 0) is 25.1 Å². The number of nitrogens with zero attached hydrogens (tertiary/aromatic N) is 2. The van der Waals surface area contributed by atoms with Crippen LogP contribution in [0, 0.1) is 6.92 Å². The number of fused-ring (bicyclic) bond motifs is 1. The molecule has 2 aromatic heterocycles. The lowest BCUT2D eigenvalue weighted by Crippen LogP contribution is -2.13. The lowest BCUT2D eigenvalue weighted by Gasteiger charge is -2.02. The van der Waals surface area contributed by atoms with Crippen molar-refractivity contribution >= 4 is 48.5 Å². The van der Waals surface area contributed by atoms with Gasteiger partial charge in [0, 0.05) is 10.0 Å². The summed E-state index contributed by atoms with van der Waals surface area (Å²) in [6.07, 6.45) is 0. The molecule has 0 aliphatic rings. The number of aromatic nitrogens is 2. The van der Waals surface area contributed by atoms with E-state index in [1.54, 1.807) is 6.92 Å². The van der Waals surface area contributed by atoms with Crippen LogP contribution < -0.4 is 5.32 Å². The van der Waals surface area contributed by atoms with Crippen molar-refractivity contribution in [2.45, 2.75) is 6.92 Å². The predicted octanol–water partition coefficient (Wildman–Crippen LogP) is 5.27. The average Bonchev–Trinajstić information content (AvgIpc) is 3.18. The maximum Gasteiger partial charge on any atom is 0.263 e. The van der Waals surface area contributed by atoms with E-state index in [-0.39, 0.29) is 5.91 Å². The smallest absolute Gasteiger partial charge is 0.263 e. The van der Waals surface area contributed by atoms with Crippen molar-refractivity contribution in [1.82, 2.24) is 10.1 Å². The highest BCUT2D eigenvalue weighted by Gasteiger charge is 2.22. The van der Waals surface area contributed by atoms with Crippen LogP contribution in [0.1, 0.15) is 16.1 Å². The van der Waals surface area contributed by atoms with Crippen LogP contribution in [-0.2, 0) is 0 Å². The molecule has 25 heavy (non-hydrogen) atoms. The molecule has 4 rings (SSSR count). The number of nitrogens with one attached hydrogen (secondary N) is 1. The van der Waals surface area contributed by atoms with Crippen LogP contribution in [0.15, 0.2) is 57.5 Å². The van der Waals surface area contributed by atoms with Gasteiger partial charge in [0.1, 0.15) is 17.0 Å². The summed E-state index contributed by atoms with van der Waals surface area (Å²) in [7, 11) is 0. The third-order valence-corrected chi connectivity index (χ3v) is 5.13. The molecule has 0 atom stereocenters. The summed E-state index contributed by atoms with van der Waals surface area (Å²) in [5.74, 6) is 0.191. The van der Waals surface area contributed by atoms with Gasteiger partial charge < -0.3 is 4.52 Å². The zero-order valence-corrected chi connectivity index (χ0v) is 15.5. The molecule has 0 radical (unpaired) electrons. The number of benzene rings is 2. The number of hydrogen-bond acceptors (Lipinski definition) is 5. The van der Waals surface area contributed by atoms with E-state index in [4.69, 9.17) is 4.52 Å². The number of anilines is 1. The lowest BCUT2D eigenvalue weighted by atomic mass is 10.1. The first-order chi connectivity index (χ1) is 12.1. The van der Waals surface area contributed by atoms with Gasteiger partial charge in [0.25, 0.3) is 5.91 Å². The Labute approximate surface area is 155 Å². The van der Waals surface area contributed by atoms with Gasteiger partial charge in [0.15, 0.2) is 5.13 Å². The number of thiazole rings is 1. The van der Waals surface area contributed by atoms with Crippen LogP contribution in [0.25, 0.3) is 21.5 Å². The van der Waals surface area contributed by atoms with Gasteiger partial charge in [-0.25, -0.2) is 4.98 Å². The normalized spacial score (nSPS) is 11.0. The molecule has 5 nitrogen and oxygen atoms in total. The standard InChI is InChI=1S/C18H12BrN3O2S/c1-10-15(16(22-24-10)11-5-3-2-4-6-11)17(23)21-18-20-13-8-7-12(19)9-14(13)25-18/h2-9H,1H3,(H,20,21,23). The van der Waals surface area contributed by atoms with Crippen LogP contribution in [0.3, 0.4) is 0 Å². The van der Waals surface area contributed by atoms with E-state index in [1.807, 2.05) is 48.5 Å². The second kappa shape index (κ2) is 6.42. The molecular formula is C18H12BrN3O2S. The maximum atomic E-state index is 12.8. The highest BCUT2D eigenvalue weighted by molar-refractivity contribution is 9.10. The molecule has 124 valence electrons. The van der Waals surface area contributed by atoms with Crippen molar-refractivity contribution in [3.63, 3.8) is 0 Å². The molecule has 1 amide bonds. The summed E-state index contributed by atoms with van der Waals surface area (Å²) < 4.78 is 7.22. The van der Waals surface area contributed by atoms with Crippen molar-refractivity contribution < 1.29 is 9.32 Å². The summed E-state index contributed by atoms with van der Waals surface area (Å²) in [4.78, 5) is 17.2. The molecule has 0 fully saturated rings. The molecule has 2 aromatic carbocycles. The molecule has 0 spiro atoms. The molecule has 0 aliphatic carbocycles. The van der Waals surface area contributed by atoms with Crippen molar-refractivity contribution in [2.75, 3.05) is 5.32 Å². The molecule has 0 bridgehead atoms. The summed E-state index contributed by atoms with van der Waals surface area (Å²) >= 11 is 4.86. The van der Waals surface area contributed by atoms with Crippen LogP contribution in [0.2, 0.25) is 0 Å². The van der Waals surface area contributed by atoms with Crippen molar-refractivity contribution in [3.8, 4) is 11.3 Å². The number of halogens is 1. The van der Waals surface area contributed by atoms with Crippen molar-refractivity contribution in [1.29, 1.82) is 0 Å². The minimum Gasteiger partial charge on any atom is -0.360 e. The van der Waals surface area contributed by atoms with E-state index in [1.165, 1.54) is 11.3 Å². The number of rotatable bonds is 3.